The molecule has 0 aliphatic heterocycles. The summed E-state index contributed by atoms with van der Waals surface area (Å²) in [4.78, 5) is 15.0. The molecule has 0 amide bonds. The summed E-state index contributed by atoms with van der Waals surface area (Å²) in [6.45, 7) is 4.10. The van der Waals surface area contributed by atoms with Crippen LogP contribution in [0, 0.1) is 13.8 Å². The van der Waals surface area contributed by atoms with Crippen molar-refractivity contribution in [2.24, 2.45) is 0 Å². The Kier molecular flexibility index (Phi) is 6.23. The molecule has 3 nitrogen and oxygen atoms in total. The van der Waals surface area contributed by atoms with Crippen molar-refractivity contribution in [1.82, 2.24) is 15.0 Å². The van der Waals surface area contributed by atoms with Crippen molar-refractivity contribution in [2.75, 3.05) is 0 Å². The van der Waals surface area contributed by atoms with Crippen LogP contribution in [0.3, 0.4) is 0 Å². The lowest BCUT2D eigenvalue weighted by Crippen LogP contribution is -1.96. The number of fused-ring (bicyclic) bond motifs is 3. The minimum Gasteiger partial charge on any atom is -0.258 e. The molecule has 0 aliphatic rings. The summed E-state index contributed by atoms with van der Waals surface area (Å²) in [6, 6.07) is 49.3. The first-order chi connectivity index (χ1) is 21.6. The van der Waals surface area contributed by atoms with Crippen LogP contribution in [0.15, 0.2) is 140 Å². The predicted molar refractivity (Wildman–Crippen MR) is 184 cm³/mol. The first-order valence-electron chi connectivity index (χ1n) is 15.0. The second-order valence-electron chi connectivity index (χ2n) is 11.4. The molecular weight excluding hydrogens is 534 g/mol. The molecule has 0 atom stereocenters. The summed E-state index contributed by atoms with van der Waals surface area (Å²) in [6.07, 6.45) is 0. The van der Waals surface area contributed by atoms with Gasteiger partial charge >= 0.3 is 0 Å². The summed E-state index contributed by atoms with van der Waals surface area (Å²) < 4.78 is 0. The van der Waals surface area contributed by atoms with Crippen LogP contribution in [0.1, 0.15) is 11.4 Å². The van der Waals surface area contributed by atoms with Gasteiger partial charge in [-0.1, -0.05) is 109 Å². The fourth-order valence-electron chi connectivity index (χ4n) is 6.39. The smallest absolute Gasteiger partial charge is 0.160 e. The third-order valence-electron chi connectivity index (χ3n) is 8.46. The monoisotopic (exact) mass is 563 g/mol. The number of aromatic nitrogens is 3. The second-order valence-corrected chi connectivity index (χ2v) is 11.4. The summed E-state index contributed by atoms with van der Waals surface area (Å²) >= 11 is 0. The Hall–Kier alpha value is -5.67. The van der Waals surface area contributed by atoms with Crippen molar-refractivity contribution < 1.29 is 0 Å². The molecular formula is C41H29N3. The van der Waals surface area contributed by atoms with E-state index in [0.717, 1.165) is 55.8 Å². The lowest BCUT2D eigenvalue weighted by atomic mass is 9.91. The molecule has 0 N–H and O–H groups in total. The van der Waals surface area contributed by atoms with Gasteiger partial charge in [-0.2, -0.15) is 0 Å². The summed E-state index contributed by atoms with van der Waals surface area (Å²) in [7, 11) is 0. The lowest BCUT2D eigenvalue weighted by Gasteiger charge is -2.14. The quantitative estimate of drug-likeness (QED) is 0.200. The molecule has 0 unspecified atom stereocenters. The molecule has 0 aliphatic carbocycles. The molecule has 0 spiro atoms. The molecule has 44 heavy (non-hydrogen) atoms. The van der Waals surface area contributed by atoms with Gasteiger partial charge in [0.05, 0.1) is 11.2 Å². The Balaban J connectivity index is 1.31. The molecule has 0 fully saturated rings. The Morgan fingerprint density at radius 1 is 0.432 bits per heavy atom. The zero-order valence-electron chi connectivity index (χ0n) is 24.6. The van der Waals surface area contributed by atoms with Crippen LogP contribution >= 0.6 is 0 Å². The van der Waals surface area contributed by atoms with Gasteiger partial charge in [0, 0.05) is 33.5 Å². The maximum absolute atomic E-state index is 5.25. The average molecular weight is 564 g/mol. The van der Waals surface area contributed by atoms with Crippen molar-refractivity contribution >= 4 is 32.4 Å². The normalized spacial score (nSPS) is 11.4. The number of hydrogen-bond acceptors (Lipinski definition) is 3. The standard InChI is InChI=1S/C41H29N3/c1-26-21-22-34(27(2)42-26)28-13-9-15-32(24-28)40-37-19-7-8-20-38(37)43-41(44-40)33-16-10-14-31(25-33)39-35-17-5-3-11-29(35)23-30-12-4-6-18-36(30)39/h3-25H,1-2H3. The predicted octanol–water partition coefficient (Wildman–Crippen LogP) is 10.6. The van der Waals surface area contributed by atoms with Gasteiger partial charge in [-0.3, -0.25) is 4.98 Å². The highest BCUT2D eigenvalue weighted by atomic mass is 14.9. The van der Waals surface area contributed by atoms with Gasteiger partial charge in [0.1, 0.15) is 0 Å². The molecule has 0 bridgehead atoms. The van der Waals surface area contributed by atoms with E-state index in [9.17, 15) is 0 Å². The van der Waals surface area contributed by atoms with Gasteiger partial charge in [-0.25, -0.2) is 9.97 Å². The highest BCUT2D eigenvalue weighted by Gasteiger charge is 2.15. The van der Waals surface area contributed by atoms with Crippen LogP contribution in [-0.2, 0) is 0 Å². The zero-order valence-corrected chi connectivity index (χ0v) is 24.6. The molecule has 2 aromatic heterocycles. The van der Waals surface area contributed by atoms with Crippen molar-refractivity contribution in [3.8, 4) is 44.9 Å². The fourth-order valence-corrected chi connectivity index (χ4v) is 6.39. The average Bonchev–Trinajstić information content (AvgIpc) is 3.07. The summed E-state index contributed by atoms with van der Waals surface area (Å²) in [5, 5.41) is 5.97. The minimum absolute atomic E-state index is 0.712. The first kappa shape index (κ1) is 26.0. The SMILES string of the molecule is Cc1ccc(-c2cccc(-c3nc(-c4cccc(-c5c6ccccc6cc6ccccc56)c4)nc4ccccc34)c2)c(C)n1. The molecule has 0 saturated carbocycles. The van der Waals surface area contributed by atoms with Crippen molar-refractivity contribution in [3.05, 3.63) is 151 Å². The Labute approximate surface area is 256 Å². The van der Waals surface area contributed by atoms with E-state index >= 15 is 0 Å². The van der Waals surface area contributed by atoms with E-state index in [1.54, 1.807) is 0 Å². The highest BCUT2D eigenvalue weighted by Crippen LogP contribution is 2.38. The van der Waals surface area contributed by atoms with Crippen molar-refractivity contribution in [1.29, 1.82) is 0 Å². The van der Waals surface area contributed by atoms with Gasteiger partial charge in [0.25, 0.3) is 0 Å². The molecule has 0 saturated heterocycles. The molecule has 2 heterocycles. The van der Waals surface area contributed by atoms with E-state index in [1.165, 1.54) is 27.1 Å². The fraction of sp³-hybridized carbons (Fsp3) is 0.0488. The number of nitrogens with zero attached hydrogens (tertiary/aromatic N) is 3. The van der Waals surface area contributed by atoms with Gasteiger partial charge in [0.15, 0.2) is 5.82 Å². The van der Waals surface area contributed by atoms with E-state index in [-0.39, 0.29) is 0 Å². The Bertz CT molecular complexity index is 2320. The number of aryl methyl sites for hydroxylation is 2. The number of pyridine rings is 1. The number of hydrogen-bond donors (Lipinski definition) is 0. The molecule has 8 rings (SSSR count). The topological polar surface area (TPSA) is 38.7 Å². The van der Waals surface area contributed by atoms with E-state index in [4.69, 9.17) is 15.0 Å². The molecule has 208 valence electrons. The number of rotatable bonds is 4. The van der Waals surface area contributed by atoms with Crippen LogP contribution in [0.25, 0.3) is 77.3 Å². The number of benzene rings is 6. The summed E-state index contributed by atoms with van der Waals surface area (Å²) in [5.74, 6) is 0.712. The molecule has 0 radical (unpaired) electrons. The molecule has 3 heteroatoms. The van der Waals surface area contributed by atoms with Gasteiger partial charge in [0.2, 0.25) is 0 Å². The van der Waals surface area contributed by atoms with Crippen molar-refractivity contribution in [2.45, 2.75) is 13.8 Å². The van der Waals surface area contributed by atoms with Crippen LogP contribution in [0.5, 0.6) is 0 Å². The van der Waals surface area contributed by atoms with E-state index in [2.05, 4.69) is 140 Å². The minimum atomic E-state index is 0.712. The van der Waals surface area contributed by atoms with Crippen LogP contribution in [0.2, 0.25) is 0 Å². The Morgan fingerprint density at radius 2 is 1.05 bits per heavy atom. The third-order valence-corrected chi connectivity index (χ3v) is 8.46. The van der Waals surface area contributed by atoms with E-state index in [0.29, 0.717) is 5.82 Å². The maximum Gasteiger partial charge on any atom is 0.160 e. The number of para-hydroxylation sites is 1. The molecule has 6 aromatic carbocycles. The van der Waals surface area contributed by atoms with E-state index in [1.807, 2.05) is 13.0 Å². The van der Waals surface area contributed by atoms with Crippen molar-refractivity contribution in [3.63, 3.8) is 0 Å². The summed E-state index contributed by atoms with van der Waals surface area (Å²) in [5.41, 5.74) is 10.6. The second kappa shape index (κ2) is 10.6. The highest BCUT2D eigenvalue weighted by molar-refractivity contribution is 6.12. The third kappa shape index (κ3) is 4.50. The Morgan fingerprint density at radius 3 is 1.80 bits per heavy atom. The molecule has 8 aromatic rings. The van der Waals surface area contributed by atoms with Gasteiger partial charge in [-0.05, 0) is 82.4 Å². The van der Waals surface area contributed by atoms with Crippen LogP contribution in [-0.4, -0.2) is 15.0 Å². The maximum atomic E-state index is 5.25. The largest absolute Gasteiger partial charge is 0.258 e. The zero-order chi connectivity index (χ0) is 29.6. The van der Waals surface area contributed by atoms with Crippen LogP contribution < -0.4 is 0 Å². The van der Waals surface area contributed by atoms with Gasteiger partial charge < -0.3 is 0 Å². The first-order valence-corrected chi connectivity index (χ1v) is 15.0. The van der Waals surface area contributed by atoms with E-state index < -0.39 is 0 Å². The lowest BCUT2D eigenvalue weighted by molar-refractivity contribution is 1.13. The van der Waals surface area contributed by atoms with Crippen LogP contribution in [0.4, 0.5) is 0 Å². The van der Waals surface area contributed by atoms with Gasteiger partial charge in [-0.15, -0.1) is 0 Å².